The third-order valence-electron chi connectivity index (χ3n) is 4.62. The summed E-state index contributed by atoms with van der Waals surface area (Å²) in [6.07, 6.45) is 0.797. The average Bonchev–Trinajstić information content (AvgIpc) is 3.12. The topological polar surface area (TPSA) is 94.5 Å². The fraction of sp³-hybridized carbons (Fsp3) is 0.348. The third kappa shape index (κ3) is 6.05. The monoisotopic (exact) mass is 424 g/mol. The van der Waals surface area contributed by atoms with Crippen molar-refractivity contribution in [1.82, 2.24) is 14.9 Å². The lowest BCUT2D eigenvalue weighted by atomic mass is 10.2. The first-order chi connectivity index (χ1) is 15.1. The zero-order valence-corrected chi connectivity index (χ0v) is 17.9. The molecule has 0 saturated carbocycles. The summed E-state index contributed by atoms with van der Waals surface area (Å²) in [5, 5.41) is 5.45. The van der Waals surface area contributed by atoms with Crippen molar-refractivity contribution in [3.05, 3.63) is 54.1 Å². The van der Waals surface area contributed by atoms with Gasteiger partial charge in [-0.15, -0.1) is 0 Å². The Kier molecular flexibility index (Phi) is 8.00. The Morgan fingerprint density at radius 3 is 2.55 bits per heavy atom. The van der Waals surface area contributed by atoms with Gasteiger partial charge in [0, 0.05) is 25.3 Å². The Morgan fingerprint density at radius 2 is 1.81 bits per heavy atom. The normalized spacial score (nSPS) is 10.8. The van der Waals surface area contributed by atoms with Crippen molar-refractivity contribution in [1.29, 1.82) is 0 Å². The van der Waals surface area contributed by atoms with E-state index in [1.807, 2.05) is 42.7 Å². The van der Waals surface area contributed by atoms with E-state index in [0.29, 0.717) is 43.6 Å². The quantitative estimate of drug-likeness (QED) is 0.461. The molecular weight excluding hydrogens is 396 g/mol. The van der Waals surface area contributed by atoms with Crippen molar-refractivity contribution in [2.24, 2.45) is 0 Å². The Balaban J connectivity index is 1.61. The highest BCUT2D eigenvalue weighted by molar-refractivity contribution is 5.99. The van der Waals surface area contributed by atoms with Gasteiger partial charge in [-0.2, -0.15) is 0 Å². The lowest BCUT2D eigenvalue weighted by Gasteiger charge is -2.11. The average molecular weight is 425 g/mol. The molecule has 2 N–H and O–H groups in total. The van der Waals surface area contributed by atoms with E-state index in [0.717, 1.165) is 17.5 Å². The number of imidazole rings is 1. The van der Waals surface area contributed by atoms with Gasteiger partial charge in [-0.05, 0) is 56.7 Å². The van der Waals surface area contributed by atoms with Crippen molar-refractivity contribution in [3.63, 3.8) is 0 Å². The van der Waals surface area contributed by atoms with Crippen LogP contribution in [0.4, 0.5) is 5.95 Å². The first-order valence-electron chi connectivity index (χ1n) is 10.5. The van der Waals surface area contributed by atoms with E-state index in [-0.39, 0.29) is 18.4 Å². The summed E-state index contributed by atoms with van der Waals surface area (Å²) in [5.41, 5.74) is 2.19. The van der Waals surface area contributed by atoms with Crippen LogP contribution in [-0.2, 0) is 16.1 Å². The van der Waals surface area contributed by atoms with E-state index in [1.54, 1.807) is 24.3 Å². The number of anilines is 1. The predicted octanol–water partition coefficient (Wildman–Crippen LogP) is 3.23. The number of nitrogens with zero attached hydrogens (tertiary/aromatic N) is 2. The maximum Gasteiger partial charge on any atom is 0.251 e. The molecule has 1 aromatic heterocycles. The summed E-state index contributed by atoms with van der Waals surface area (Å²) in [4.78, 5) is 29.3. The largest absolute Gasteiger partial charge is 0.494 e. The molecule has 1 heterocycles. The third-order valence-corrected chi connectivity index (χ3v) is 4.62. The second-order valence-electron chi connectivity index (χ2n) is 6.81. The molecule has 8 nitrogen and oxygen atoms in total. The Labute approximate surface area is 181 Å². The molecule has 0 aliphatic heterocycles. The summed E-state index contributed by atoms with van der Waals surface area (Å²) in [7, 11) is 0. The number of hydrogen-bond acceptors (Lipinski definition) is 5. The van der Waals surface area contributed by atoms with E-state index in [2.05, 4.69) is 15.6 Å². The number of benzene rings is 2. The molecule has 0 aliphatic rings. The van der Waals surface area contributed by atoms with Gasteiger partial charge < -0.3 is 19.4 Å². The molecular formula is C23H28N4O4. The second-order valence-corrected chi connectivity index (χ2v) is 6.81. The van der Waals surface area contributed by atoms with Gasteiger partial charge in [0.2, 0.25) is 11.9 Å². The highest BCUT2D eigenvalue weighted by Gasteiger charge is 2.14. The van der Waals surface area contributed by atoms with Gasteiger partial charge >= 0.3 is 0 Å². The van der Waals surface area contributed by atoms with Crippen LogP contribution < -0.4 is 15.4 Å². The number of fused-ring (bicyclic) bond motifs is 1. The summed E-state index contributed by atoms with van der Waals surface area (Å²) in [5.74, 6) is 0.474. The molecule has 3 aromatic rings. The second kappa shape index (κ2) is 11.1. The molecule has 0 saturated heterocycles. The number of aromatic nitrogens is 2. The number of nitrogens with one attached hydrogen (secondary N) is 2. The van der Waals surface area contributed by atoms with Crippen LogP contribution in [-0.4, -0.2) is 47.7 Å². The van der Waals surface area contributed by atoms with Crippen LogP contribution in [0.1, 0.15) is 30.6 Å². The number of hydrogen-bond donors (Lipinski definition) is 2. The van der Waals surface area contributed by atoms with E-state index >= 15 is 0 Å². The van der Waals surface area contributed by atoms with Crippen molar-refractivity contribution >= 4 is 28.8 Å². The molecule has 164 valence electrons. The summed E-state index contributed by atoms with van der Waals surface area (Å²) >= 11 is 0. The lowest BCUT2D eigenvalue weighted by Crippen LogP contribution is -2.33. The number of rotatable bonds is 11. The molecule has 3 rings (SSSR count). The Bertz CT molecular complexity index is 1010. The predicted molar refractivity (Wildman–Crippen MR) is 119 cm³/mol. The van der Waals surface area contributed by atoms with Gasteiger partial charge in [-0.25, -0.2) is 4.98 Å². The van der Waals surface area contributed by atoms with Crippen LogP contribution in [0.3, 0.4) is 0 Å². The zero-order valence-electron chi connectivity index (χ0n) is 17.9. The minimum atomic E-state index is -0.347. The maximum atomic E-state index is 12.5. The van der Waals surface area contributed by atoms with Gasteiger partial charge in [0.15, 0.2) is 0 Å². The fourth-order valence-electron chi connectivity index (χ4n) is 3.17. The molecule has 0 spiro atoms. The van der Waals surface area contributed by atoms with Crippen molar-refractivity contribution < 1.29 is 19.1 Å². The van der Waals surface area contributed by atoms with Crippen molar-refractivity contribution in [3.8, 4) is 5.75 Å². The van der Waals surface area contributed by atoms with Gasteiger partial charge in [0.25, 0.3) is 5.91 Å². The van der Waals surface area contributed by atoms with Gasteiger partial charge in [-0.1, -0.05) is 12.1 Å². The van der Waals surface area contributed by atoms with Crippen molar-refractivity contribution in [2.75, 3.05) is 31.7 Å². The minimum absolute atomic E-state index is 0.159. The van der Waals surface area contributed by atoms with E-state index in [4.69, 9.17) is 9.47 Å². The standard InChI is InChI=1S/C23H28N4O4/c1-3-30-15-7-14-27-20-9-6-5-8-19(20)25-23(27)26-21(28)16-24-22(29)17-10-12-18(13-11-17)31-4-2/h5-6,8-13H,3-4,7,14-16H2,1-2H3,(H,24,29)(H,25,26,28). The molecule has 0 radical (unpaired) electrons. The van der Waals surface area contributed by atoms with E-state index < -0.39 is 0 Å². The number of aryl methyl sites for hydroxylation is 1. The zero-order chi connectivity index (χ0) is 22.1. The van der Waals surface area contributed by atoms with Crippen molar-refractivity contribution in [2.45, 2.75) is 26.8 Å². The van der Waals surface area contributed by atoms with Crippen LogP contribution in [0.5, 0.6) is 5.75 Å². The molecule has 8 heteroatoms. The van der Waals surface area contributed by atoms with Crippen LogP contribution >= 0.6 is 0 Å². The molecule has 2 aromatic carbocycles. The fourth-order valence-corrected chi connectivity index (χ4v) is 3.17. The van der Waals surface area contributed by atoms with Crippen LogP contribution in [0.2, 0.25) is 0 Å². The number of carbonyl (C=O) groups is 2. The number of para-hydroxylation sites is 2. The first kappa shape index (κ1) is 22.3. The molecule has 2 amide bonds. The molecule has 0 bridgehead atoms. The molecule has 0 fully saturated rings. The smallest absolute Gasteiger partial charge is 0.251 e. The molecule has 0 atom stereocenters. The maximum absolute atomic E-state index is 12.5. The Hall–Kier alpha value is -3.39. The number of carbonyl (C=O) groups excluding carboxylic acids is 2. The lowest BCUT2D eigenvalue weighted by molar-refractivity contribution is -0.115. The van der Waals surface area contributed by atoms with Crippen LogP contribution in [0.25, 0.3) is 11.0 Å². The number of ether oxygens (including phenoxy) is 2. The van der Waals surface area contributed by atoms with Gasteiger partial charge in [0.05, 0.1) is 24.2 Å². The Morgan fingerprint density at radius 1 is 1.03 bits per heavy atom. The van der Waals surface area contributed by atoms with Crippen LogP contribution in [0, 0.1) is 0 Å². The number of amides is 2. The summed E-state index contributed by atoms with van der Waals surface area (Å²) in [6.45, 7) is 6.22. The highest BCUT2D eigenvalue weighted by atomic mass is 16.5. The molecule has 0 aliphatic carbocycles. The molecule has 0 unspecified atom stereocenters. The summed E-state index contributed by atoms with van der Waals surface area (Å²) < 4.78 is 12.7. The SMILES string of the molecule is CCOCCCn1c(NC(=O)CNC(=O)c2ccc(OCC)cc2)nc2ccccc21. The molecule has 31 heavy (non-hydrogen) atoms. The van der Waals surface area contributed by atoms with E-state index in [9.17, 15) is 9.59 Å². The summed E-state index contributed by atoms with van der Waals surface area (Å²) in [6, 6.07) is 14.5. The van der Waals surface area contributed by atoms with Gasteiger partial charge in [0.1, 0.15) is 5.75 Å². The van der Waals surface area contributed by atoms with Crippen LogP contribution in [0.15, 0.2) is 48.5 Å². The van der Waals surface area contributed by atoms with Gasteiger partial charge in [-0.3, -0.25) is 14.9 Å². The first-order valence-corrected chi connectivity index (χ1v) is 10.5. The van der Waals surface area contributed by atoms with E-state index in [1.165, 1.54) is 0 Å². The highest BCUT2D eigenvalue weighted by Crippen LogP contribution is 2.20. The minimum Gasteiger partial charge on any atom is -0.494 e.